The van der Waals surface area contributed by atoms with E-state index in [0.717, 1.165) is 18.4 Å². The van der Waals surface area contributed by atoms with Gasteiger partial charge in [0.05, 0.1) is 11.4 Å². The van der Waals surface area contributed by atoms with E-state index in [-0.39, 0.29) is 17.9 Å². The van der Waals surface area contributed by atoms with Gasteiger partial charge >= 0.3 is 0 Å². The second kappa shape index (κ2) is 7.47. The molecule has 2 aromatic rings. The highest BCUT2D eigenvalue weighted by molar-refractivity contribution is 6.00. The maximum Gasteiger partial charge on any atom is 0.224 e. The van der Waals surface area contributed by atoms with Gasteiger partial charge in [-0.1, -0.05) is 30.3 Å². The van der Waals surface area contributed by atoms with Crippen molar-refractivity contribution in [3.63, 3.8) is 0 Å². The Balaban J connectivity index is 1.73. The molecule has 0 heterocycles. The molecule has 0 spiro atoms. The summed E-state index contributed by atoms with van der Waals surface area (Å²) in [5.74, 6) is -0.745. The second-order valence-corrected chi connectivity index (χ2v) is 6.32. The Bertz CT molecular complexity index is 773. The van der Waals surface area contributed by atoms with E-state index in [1.165, 1.54) is 19.1 Å². The lowest BCUT2D eigenvalue weighted by atomic mass is 10.1. The number of aryl methyl sites for hydroxylation is 1. The van der Waals surface area contributed by atoms with Gasteiger partial charge in [0.25, 0.3) is 0 Å². The number of amides is 2. The highest BCUT2D eigenvalue weighted by Gasteiger charge is 2.33. The Labute approximate surface area is 146 Å². The third kappa shape index (κ3) is 4.44. The van der Waals surface area contributed by atoms with E-state index in [9.17, 15) is 14.0 Å². The average Bonchev–Trinajstić information content (AvgIpc) is 3.41. The number of halogens is 1. The van der Waals surface area contributed by atoms with Crippen LogP contribution in [-0.2, 0) is 16.0 Å². The van der Waals surface area contributed by atoms with Crippen LogP contribution in [0.2, 0.25) is 0 Å². The van der Waals surface area contributed by atoms with Crippen LogP contribution >= 0.6 is 0 Å². The number of benzene rings is 2. The summed E-state index contributed by atoms with van der Waals surface area (Å²) in [4.78, 5) is 25.9. The van der Waals surface area contributed by atoms with E-state index in [1.807, 2.05) is 30.3 Å². The normalized spacial score (nSPS) is 13.4. The number of hydrogen-bond acceptors (Lipinski definition) is 2. The van der Waals surface area contributed by atoms with Gasteiger partial charge < -0.3 is 10.2 Å². The van der Waals surface area contributed by atoms with Crippen molar-refractivity contribution in [1.29, 1.82) is 0 Å². The summed E-state index contributed by atoms with van der Waals surface area (Å²) in [6, 6.07) is 14.0. The lowest BCUT2D eigenvalue weighted by molar-refractivity contribution is -0.117. The van der Waals surface area contributed by atoms with E-state index in [4.69, 9.17) is 0 Å². The van der Waals surface area contributed by atoms with Gasteiger partial charge in [-0.15, -0.1) is 0 Å². The van der Waals surface area contributed by atoms with E-state index in [2.05, 4.69) is 5.32 Å². The fourth-order valence-electron chi connectivity index (χ4n) is 2.89. The smallest absolute Gasteiger partial charge is 0.224 e. The molecule has 1 saturated carbocycles. The first-order valence-electron chi connectivity index (χ1n) is 8.47. The Hall–Kier alpha value is -2.69. The molecule has 0 atom stereocenters. The molecule has 0 aromatic heterocycles. The lowest BCUT2D eigenvalue weighted by Crippen LogP contribution is -2.31. The maximum absolute atomic E-state index is 13.7. The summed E-state index contributed by atoms with van der Waals surface area (Å²) < 4.78 is 13.7. The van der Waals surface area contributed by atoms with Crippen LogP contribution in [-0.4, -0.2) is 17.9 Å². The molecule has 1 aliphatic carbocycles. The molecule has 2 aromatic carbocycles. The molecule has 1 N–H and O–H groups in total. The summed E-state index contributed by atoms with van der Waals surface area (Å²) in [6.07, 6.45) is 2.76. The van der Waals surface area contributed by atoms with Crippen LogP contribution < -0.4 is 10.2 Å². The summed E-state index contributed by atoms with van der Waals surface area (Å²) >= 11 is 0. The second-order valence-electron chi connectivity index (χ2n) is 6.32. The van der Waals surface area contributed by atoms with Gasteiger partial charge in [0.1, 0.15) is 5.82 Å². The molecule has 1 fully saturated rings. The Morgan fingerprint density at radius 2 is 1.88 bits per heavy atom. The Morgan fingerprint density at radius 1 is 1.16 bits per heavy atom. The average molecular weight is 340 g/mol. The van der Waals surface area contributed by atoms with Crippen LogP contribution in [0.1, 0.15) is 31.7 Å². The molecule has 0 radical (unpaired) electrons. The van der Waals surface area contributed by atoms with Crippen LogP contribution in [0.15, 0.2) is 48.5 Å². The SMILES string of the molecule is CC(=O)N(c1ccc(F)cc1NC(=O)CCc1ccccc1)C1CC1. The summed E-state index contributed by atoms with van der Waals surface area (Å²) in [5, 5.41) is 2.77. The first-order valence-corrected chi connectivity index (χ1v) is 8.47. The van der Waals surface area contributed by atoms with Crippen LogP contribution in [0.25, 0.3) is 0 Å². The standard InChI is InChI=1S/C20H21FN2O2/c1-14(24)23(17-9-10-17)19-11-8-16(21)13-18(19)22-20(25)12-7-15-5-3-2-4-6-15/h2-6,8,11,13,17H,7,9-10,12H2,1H3,(H,22,25). The van der Waals surface area contributed by atoms with Crippen LogP contribution in [0, 0.1) is 5.82 Å². The first-order chi connectivity index (χ1) is 12.0. The first kappa shape index (κ1) is 17.1. The zero-order chi connectivity index (χ0) is 17.8. The predicted octanol–water partition coefficient (Wildman–Crippen LogP) is 3.91. The van der Waals surface area contributed by atoms with Gasteiger partial charge in [0.2, 0.25) is 11.8 Å². The maximum atomic E-state index is 13.7. The number of hydrogen-bond donors (Lipinski definition) is 1. The minimum absolute atomic E-state index is 0.103. The molecule has 25 heavy (non-hydrogen) atoms. The fourth-order valence-corrected chi connectivity index (χ4v) is 2.89. The number of carbonyl (C=O) groups excluding carboxylic acids is 2. The summed E-state index contributed by atoms with van der Waals surface area (Å²) in [7, 11) is 0. The number of nitrogens with one attached hydrogen (secondary N) is 1. The molecule has 1 aliphatic rings. The third-order valence-electron chi connectivity index (χ3n) is 4.23. The molecule has 0 aliphatic heterocycles. The monoisotopic (exact) mass is 340 g/mol. The Morgan fingerprint density at radius 3 is 2.52 bits per heavy atom. The molecule has 5 heteroatoms. The van der Waals surface area contributed by atoms with E-state index < -0.39 is 5.82 Å². The van der Waals surface area contributed by atoms with Gasteiger partial charge in [-0.3, -0.25) is 9.59 Å². The van der Waals surface area contributed by atoms with Crippen molar-refractivity contribution in [2.75, 3.05) is 10.2 Å². The van der Waals surface area contributed by atoms with Crippen molar-refractivity contribution >= 4 is 23.2 Å². The Kier molecular flexibility index (Phi) is 5.12. The quantitative estimate of drug-likeness (QED) is 0.867. The van der Waals surface area contributed by atoms with Gasteiger partial charge in [0, 0.05) is 19.4 Å². The zero-order valence-electron chi connectivity index (χ0n) is 14.2. The molecule has 2 amide bonds. The van der Waals surface area contributed by atoms with Crippen LogP contribution in [0.3, 0.4) is 0 Å². The molecule has 0 unspecified atom stereocenters. The van der Waals surface area contributed by atoms with E-state index in [1.54, 1.807) is 11.0 Å². The number of nitrogens with zero attached hydrogens (tertiary/aromatic N) is 1. The van der Waals surface area contributed by atoms with Gasteiger partial charge in [-0.2, -0.15) is 0 Å². The van der Waals surface area contributed by atoms with E-state index >= 15 is 0 Å². The number of rotatable bonds is 6. The molecule has 0 saturated heterocycles. The van der Waals surface area contributed by atoms with Crippen molar-refractivity contribution in [2.45, 2.75) is 38.6 Å². The minimum atomic E-state index is -0.443. The highest BCUT2D eigenvalue weighted by atomic mass is 19.1. The molecule has 0 bridgehead atoms. The van der Waals surface area contributed by atoms with Crippen molar-refractivity contribution in [3.05, 3.63) is 59.9 Å². The largest absolute Gasteiger partial charge is 0.324 e. The van der Waals surface area contributed by atoms with Crippen LogP contribution in [0.4, 0.5) is 15.8 Å². The van der Waals surface area contributed by atoms with Gasteiger partial charge in [0.15, 0.2) is 0 Å². The minimum Gasteiger partial charge on any atom is -0.324 e. The van der Waals surface area contributed by atoms with Crippen molar-refractivity contribution in [1.82, 2.24) is 0 Å². The van der Waals surface area contributed by atoms with Gasteiger partial charge in [-0.25, -0.2) is 4.39 Å². The molecule has 130 valence electrons. The zero-order valence-corrected chi connectivity index (χ0v) is 14.2. The van der Waals surface area contributed by atoms with Crippen molar-refractivity contribution in [2.24, 2.45) is 0 Å². The van der Waals surface area contributed by atoms with Gasteiger partial charge in [-0.05, 0) is 43.0 Å². The number of anilines is 2. The molecular formula is C20H21FN2O2. The van der Waals surface area contributed by atoms with Crippen molar-refractivity contribution < 1.29 is 14.0 Å². The molecule has 4 nitrogen and oxygen atoms in total. The molecule has 3 rings (SSSR count). The topological polar surface area (TPSA) is 49.4 Å². The predicted molar refractivity (Wildman–Crippen MR) is 96.0 cm³/mol. The lowest BCUT2D eigenvalue weighted by Gasteiger charge is -2.24. The fraction of sp³-hybridized carbons (Fsp3) is 0.300. The molecular weight excluding hydrogens is 319 g/mol. The number of carbonyl (C=O) groups is 2. The summed E-state index contributed by atoms with van der Waals surface area (Å²) in [6.45, 7) is 1.49. The highest BCUT2D eigenvalue weighted by Crippen LogP contribution is 2.36. The summed E-state index contributed by atoms with van der Waals surface area (Å²) in [5.41, 5.74) is 1.98. The van der Waals surface area contributed by atoms with E-state index in [0.29, 0.717) is 24.2 Å². The third-order valence-corrected chi connectivity index (χ3v) is 4.23. The van der Waals surface area contributed by atoms with Crippen molar-refractivity contribution in [3.8, 4) is 0 Å². The van der Waals surface area contributed by atoms with Crippen LogP contribution in [0.5, 0.6) is 0 Å².